The summed E-state index contributed by atoms with van der Waals surface area (Å²) >= 11 is 0. The van der Waals surface area contributed by atoms with Crippen LogP contribution in [0.4, 0.5) is 0 Å². The van der Waals surface area contributed by atoms with Crippen LogP contribution >= 0.6 is 0 Å². The van der Waals surface area contributed by atoms with Crippen LogP contribution in [0.5, 0.6) is 11.5 Å². The molecule has 1 aromatic carbocycles. The van der Waals surface area contributed by atoms with E-state index in [2.05, 4.69) is 5.32 Å². The fourth-order valence-corrected chi connectivity index (χ4v) is 12.7. The molecular formula is C57H89NO40. The number of carbonyl (C=O) groups excluding carboxylic acids is 1. The first-order valence-electron chi connectivity index (χ1n) is 31.8. The predicted octanol–water partition coefficient (Wildman–Crippen LogP) is -14.0. The molecule has 0 aliphatic carbocycles. The number of rotatable bonds is 9. The van der Waals surface area contributed by atoms with Crippen LogP contribution in [-0.2, 0) is 80.5 Å². The number of carbonyl (C=O) groups is 1. The molecule has 0 radical (unpaired) electrons. The van der Waals surface area contributed by atoms with Gasteiger partial charge in [0.15, 0.2) is 55.5 Å². The normalized spacial score (nSPS) is 47.6. The first-order chi connectivity index (χ1) is 47.1. The van der Waals surface area contributed by atoms with Gasteiger partial charge in [-0.05, 0) is 18.2 Å². The minimum Gasteiger partial charge on any atom is -0.487 e. The van der Waals surface area contributed by atoms with Gasteiger partial charge in [-0.25, -0.2) is 0 Å². The number of aliphatic hydroxyl groups excluding tert-OH is 20. The molecule has 41 heteroatoms. The van der Waals surface area contributed by atoms with Gasteiger partial charge < -0.3 is 197 Å². The monoisotopic (exact) mass is 1430 g/mol. The third kappa shape index (κ3) is 16.8. The van der Waals surface area contributed by atoms with Crippen LogP contribution in [0.2, 0.25) is 0 Å². The van der Waals surface area contributed by atoms with Gasteiger partial charge in [-0.15, -0.1) is 0 Å². The summed E-state index contributed by atoms with van der Waals surface area (Å²) in [6.45, 7) is -6.43. The standard InChI is InChI=1S/C57H89NO40/c59-12-22-43-29(58-50(79)19-1-2-20-21(11-19)84-10-8-82-6-4-80-3-5-81-7-9-83-20)30(66)51(85-22)93-44-23(13-60)87-53(38(74)32(44)68)95-46-25(15-62)89-55(40(76)34(46)70)97-48-27(17-64)91-57(42(78)36(48)72)98-49-28(18-65)90-56(41(77)35(49)71)96-47-26(16-63)88-54(39(75)33(47)69)94-45-24(14-61)86-52(92-43)37(73)31(45)67/h1-2,11,22-49,51-57,59-78H,3-10,12-18H2,(H,58,79)/t22-,23-,24-,25-,26-,27-,28-,29+,30+,31+,32-,33-,34-,35-,36-,37+,38-,39-,40-,41-,42-,43-,44-,45-,46-,47-,48-,49-,51-,52-,53-,54-,55-,56-,57-/m1/s1. The molecule has 1 amide bonds. The van der Waals surface area contributed by atoms with Gasteiger partial charge >= 0.3 is 0 Å². The van der Waals surface area contributed by atoms with E-state index in [-0.39, 0.29) is 63.3 Å². The number of aliphatic hydroxyl groups is 20. The Morgan fingerprint density at radius 3 is 0.806 bits per heavy atom. The largest absolute Gasteiger partial charge is 0.487 e. The summed E-state index contributed by atoms with van der Waals surface area (Å²) in [5, 5.41) is 228. The SMILES string of the molecule is O=C(N[C@H]1[C@H](O)[C@H]2O[C@H]3[C@H](O)[C@@H](O)[C@@H](O[C@H]4[C@H](O)[C@@H](O)[C@@H](O[C@H]5[C@H](O)[C@@H](O)[C@@H](O[C@H]6[C@H](O)[C@@H](O)[C@@H](O[C@H]7[C@H](O)[C@@H](O)[C@@H](O[C@H]8[C@@H](O)[C@H](O)[C@@H](O[C@@H]1[C@@H](CO)O2)O[C@@H]8CO)O[C@@H]7CO)O[C@@H]6CO)O[C@@H]5CO)O[C@@H]4CO)O[C@@H]3CO)c1ccc2c(c1)OCCOCCOCCOCCO2. The van der Waals surface area contributed by atoms with E-state index in [1.807, 2.05) is 0 Å². The molecule has 22 aliphatic heterocycles. The summed E-state index contributed by atoms with van der Waals surface area (Å²) in [7, 11) is 0. The van der Waals surface area contributed by atoms with Crippen LogP contribution in [0.25, 0.3) is 0 Å². The quantitative estimate of drug-likeness (QED) is 0.109. The Balaban J connectivity index is 0.963. The average Bonchev–Trinajstić information content (AvgIpc) is 0.777. The van der Waals surface area contributed by atoms with Gasteiger partial charge in [0.2, 0.25) is 0 Å². The highest BCUT2D eigenvalue weighted by Gasteiger charge is 2.60. The Labute approximate surface area is 556 Å². The van der Waals surface area contributed by atoms with Crippen molar-refractivity contribution in [2.75, 3.05) is 99.1 Å². The predicted molar refractivity (Wildman–Crippen MR) is 304 cm³/mol. The molecule has 0 aromatic heterocycles. The van der Waals surface area contributed by atoms with Crippen molar-refractivity contribution in [2.24, 2.45) is 0 Å². The van der Waals surface area contributed by atoms with Crippen molar-refractivity contribution in [3.05, 3.63) is 23.8 Å². The Hall–Kier alpha value is -3.19. The highest BCUT2D eigenvalue weighted by atomic mass is 16.8. The zero-order valence-electron chi connectivity index (χ0n) is 52.2. The van der Waals surface area contributed by atoms with Crippen molar-refractivity contribution >= 4 is 5.91 Å². The number of nitrogens with one attached hydrogen (secondary N) is 1. The van der Waals surface area contributed by atoms with Crippen LogP contribution in [0.3, 0.4) is 0 Å². The molecule has 98 heavy (non-hydrogen) atoms. The molecule has 0 unspecified atom stereocenters. The van der Waals surface area contributed by atoms with Crippen LogP contribution in [0.15, 0.2) is 18.2 Å². The first-order valence-corrected chi connectivity index (χ1v) is 31.8. The highest BCUT2D eigenvalue weighted by Crippen LogP contribution is 2.40. The van der Waals surface area contributed by atoms with Crippen molar-refractivity contribution in [3.63, 3.8) is 0 Å². The van der Waals surface area contributed by atoms with Crippen LogP contribution in [0.1, 0.15) is 10.4 Å². The minimum atomic E-state index is -2.31. The Morgan fingerprint density at radius 2 is 0.531 bits per heavy atom. The number of hydrogen-bond acceptors (Lipinski definition) is 40. The molecule has 562 valence electrons. The van der Waals surface area contributed by atoms with Crippen LogP contribution in [0, 0.1) is 0 Å². The Bertz CT molecular complexity index is 2600. The lowest BCUT2D eigenvalue weighted by Crippen LogP contribution is -2.70. The second-order valence-electron chi connectivity index (χ2n) is 24.4. The first kappa shape index (κ1) is 77.4. The van der Waals surface area contributed by atoms with Crippen molar-refractivity contribution in [3.8, 4) is 11.5 Å². The number of hydrogen-bond donors (Lipinski definition) is 21. The molecule has 1 aromatic rings. The highest BCUT2D eigenvalue weighted by molar-refractivity contribution is 5.95. The Kier molecular flexibility index (Phi) is 27.7. The summed E-state index contributed by atoms with van der Waals surface area (Å²) in [4.78, 5) is 14.6. The molecule has 0 spiro atoms. The van der Waals surface area contributed by atoms with Gasteiger partial charge in [-0.1, -0.05) is 0 Å². The zero-order chi connectivity index (χ0) is 70.4. The lowest BCUT2D eigenvalue weighted by atomic mass is 9.93. The zero-order valence-corrected chi connectivity index (χ0v) is 52.2. The topological polar surface area (TPSA) is 609 Å². The van der Waals surface area contributed by atoms with Gasteiger partial charge in [0.25, 0.3) is 5.91 Å². The molecule has 22 aliphatic rings. The smallest absolute Gasteiger partial charge is 0.251 e. The van der Waals surface area contributed by atoms with E-state index in [0.29, 0.717) is 6.61 Å². The van der Waals surface area contributed by atoms with Gasteiger partial charge in [-0.2, -0.15) is 0 Å². The van der Waals surface area contributed by atoms with Gasteiger partial charge in [-0.3, -0.25) is 4.79 Å². The second kappa shape index (κ2) is 35.1. The van der Waals surface area contributed by atoms with E-state index in [4.69, 9.17) is 90.0 Å². The van der Waals surface area contributed by atoms with Crippen molar-refractivity contribution in [2.45, 2.75) is 215 Å². The summed E-state index contributed by atoms with van der Waals surface area (Å²) in [5.74, 6) is -0.839. The molecule has 41 nitrogen and oxygen atoms in total. The summed E-state index contributed by atoms with van der Waals surface area (Å²) < 4.78 is 110. The number of ether oxygens (including phenoxy) is 19. The van der Waals surface area contributed by atoms with Crippen LogP contribution in [-0.4, -0.2) is 422 Å². The molecule has 0 saturated carbocycles. The number of amides is 1. The van der Waals surface area contributed by atoms with E-state index >= 15 is 0 Å². The molecule has 21 saturated heterocycles. The van der Waals surface area contributed by atoms with Crippen molar-refractivity contribution in [1.82, 2.24) is 5.32 Å². The fraction of sp³-hybridized carbons (Fsp3) is 0.877. The summed E-state index contributed by atoms with van der Waals surface area (Å²) in [6.07, 6.45) is -70.1. The van der Waals surface area contributed by atoms with E-state index in [1.54, 1.807) is 0 Å². The lowest BCUT2D eigenvalue weighted by Gasteiger charge is -2.50. The molecule has 21 N–H and O–H groups in total. The Morgan fingerprint density at radius 1 is 0.296 bits per heavy atom. The molecule has 35 atom stereocenters. The molecular weight excluding hydrogens is 1340 g/mol. The molecule has 23 rings (SSSR count). The van der Waals surface area contributed by atoms with E-state index < -0.39 is 267 Å². The molecule has 22 heterocycles. The van der Waals surface area contributed by atoms with E-state index in [9.17, 15) is 107 Å². The van der Waals surface area contributed by atoms with Gasteiger partial charge in [0, 0.05) is 5.56 Å². The maximum absolute atomic E-state index is 14.6. The third-order valence-electron chi connectivity index (χ3n) is 18.0. The van der Waals surface area contributed by atoms with Crippen LogP contribution < -0.4 is 14.8 Å². The van der Waals surface area contributed by atoms with E-state index in [1.165, 1.54) is 18.2 Å². The third-order valence-corrected chi connectivity index (χ3v) is 18.0. The second-order valence-corrected chi connectivity index (χ2v) is 24.4. The number of benzene rings is 1. The molecule has 14 bridgehead atoms. The van der Waals surface area contributed by atoms with Gasteiger partial charge in [0.05, 0.1) is 91.9 Å². The maximum atomic E-state index is 14.6. The summed E-state index contributed by atoms with van der Waals surface area (Å²) in [6, 6.07) is 2.02. The lowest BCUT2D eigenvalue weighted by molar-refractivity contribution is -0.396. The molecule has 21 fully saturated rings. The average molecular weight is 1430 g/mol. The van der Waals surface area contributed by atoms with Crippen molar-refractivity contribution < 1.29 is 197 Å². The number of fused-ring (bicyclic) bond motifs is 1. The van der Waals surface area contributed by atoms with E-state index in [0.717, 1.165) is 0 Å². The minimum absolute atomic E-state index is 0.0271. The summed E-state index contributed by atoms with van der Waals surface area (Å²) in [5.41, 5.74) is -0.180. The maximum Gasteiger partial charge on any atom is 0.251 e. The van der Waals surface area contributed by atoms with Gasteiger partial charge in [0.1, 0.15) is 178 Å². The fourth-order valence-electron chi connectivity index (χ4n) is 12.7. The van der Waals surface area contributed by atoms with Crippen molar-refractivity contribution in [1.29, 1.82) is 0 Å².